The Kier molecular flexibility index (Phi) is 5.75. The zero-order valence-corrected chi connectivity index (χ0v) is 12.6. The Morgan fingerprint density at radius 2 is 2.14 bits per heavy atom. The van der Waals surface area contributed by atoms with E-state index in [0.29, 0.717) is 38.0 Å². The fourth-order valence-electron chi connectivity index (χ4n) is 2.73. The number of aryl methyl sites for hydroxylation is 1. The van der Waals surface area contributed by atoms with Gasteiger partial charge in [0.05, 0.1) is 5.92 Å². The van der Waals surface area contributed by atoms with Crippen molar-refractivity contribution in [2.24, 2.45) is 11.7 Å². The van der Waals surface area contributed by atoms with Crippen molar-refractivity contribution in [3.05, 3.63) is 35.6 Å². The van der Waals surface area contributed by atoms with Crippen LogP contribution in [0.1, 0.15) is 24.8 Å². The summed E-state index contributed by atoms with van der Waals surface area (Å²) in [6, 6.07) is 6.18. The molecule has 1 heterocycles. The lowest BCUT2D eigenvalue weighted by molar-refractivity contribution is -0.126. The summed E-state index contributed by atoms with van der Waals surface area (Å²) in [5.74, 6) is -0.465. The molecule has 22 heavy (non-hydrogen) atoms. The van der Waals surface area contributed by atoms with E-state index in [-0.39, 0.29) is 17.6 Å². The summed E-state index contributed by atoms with van der Waals surface area (Å²) in [4.78, 5) is 24.7. The number of rotatable bonds is 5. The number of amides is 3. The zero-order valence-electron chi connectivity index (χ0n) is 12.6. The largest absolute Gasteiger partial charge is 0.356 e. The highest BCUT2D eigenvalue weighted by molar-refractivity contribution is 5.80. The van der Waals surface area contributed by atoms with E-state index in [9.17, 15) is 14.0 Å². The van der Waals surface area contributed by atoms with Gasteiger partial charge in [0.2, 0.25) is 5.91 Å². The van der Waals surface area contributed by atoms with Gasteiger partial charge in [-0.15, -0.1) is 0 Å². The molecule has 5 nitrogen and oxygen atoms in total. The van der Waals surface area contributed by atoms with Crippen LogP contribution in [0.4, 0.5) is 9.18 Å². The minimum atomic E-state index is -0.475. The molecule has 0 radical (unpaired) electrons. The first-order valence-electron chi connectivity index (χ1n) is 7.63. The van der Waals surface area contributed by atoms with Gasteiger partial charge in [-0.2, -0.15) is 0 Å². The van der Waals surface area contributed by atoms with Crippen LogP contribution in [-0.2, 0) is 11.2 Å². The van der Waals surface area contributed by atoms with E-state index in [0.717, 1.165) is 12.8 Å². The van der Waals surface area contributed by atoms with Crippen LogP contribution in [0, 0.1) is 11.7 Å². The van der Waals surface area contributed by atoms with E-state index in [1.807, 2.05) is 0 Å². The van der Waals surface area contributed by atoms with E-state index in [2.05, 4.69) is 5.32 Å². The fraction of sp³-hybridized carbons (Fsp3) is 0.500. The van der Waals surface area contributed by atoms with Gasteiger partial charge in [0, 0.05) is 19.6 Å². The predicted octanol–water partition coefficient (Wildman–Crippen LogP) is 1.67. The van der Waals surface area contributed by atoms with E-state index in [4.69, 9.17) is 5.73 Å². The zero-order chi connectivity index (χ0) is 15.9. The average Bonchev–Trinajstić information content (AvgIpc) is 2.53. The molecule has 1 unspecified atom stereocenters. The number of benzene rings is 1. The minimum absolute atomic E-state index is 0.0560. The molecule has 3 N–H and O–H groups in total. The van der Waals surface area contributed by atoms with Crippen molar-refractivity contribution in [1.29, 1.82) is 0 Å². The van der Waals surface area contributed by atoms with Gasteiger partial charge in [-0.1, -0.05) is 18.2 Å². The normalized spacial score (nSPS) is 18.0. The smallest absolute Gasteiger partial charge is 0.314 e. The number of hydrogen-bond acceptors (Lipinski definition) is 2. The van der Waals surface area contributed by atoms with Crippen LogP contribution >= 0.6 is 0 Å². The molecular weight excluding hydrogens is 285 g/mol. The third-order valence-corrected chi connectivity index (χ3v) is 3.98. The molecular formula is C16H22FN3O2. The molecule has 3 amide bonds. The van der Waals surface area contributed by atoms with Crippen LogP contribution in [0.5, 0.6) is 0 Å². The van der Waals surface area contributed by atoms with E-state index < -0.39 is 6.03 Å². The second-order valence-corrected chi connectivity index (χ2v) is 5.61. The fourth-order valence-corrected chi connectivity index (χ4v) is 2.73. The Hall–Kier alpha value is -2.11. The van der Waals surface area contributed by atoms with Gasteiger partial charge in [-0.3, -0.25) is 4.79 Å². The molecule has 0 spiro atoms. The highest BCUT2D eigenvalue weighted by Gasteiger charge is 2.26. The number of nitrogens with zero attached hydrogens (tertiary/aromatic N) is 1. The second-order valence-electron chi connectivity index (χ2n) is 5.61. The molecule has 1 aromatic rings. The molecule has 1 fully saturated rings. The molecule has 0 aliphatic carbocycles. The molecule has 1 aromatic carbocycles. The maximum atomic E-state index is 13.4. The number of halogens is 1. The van der Waals surface area contributed by atoms with Crippen molar-refractivity contribution >= 4 is 11.9 Å². The lowest BCUT2D eigenvalue weighted by Crippen LogP contribution is -2.47. The monoisotopic (exact) mass is 307 g/mol. The van der Waals surface area contributed by atoms with Gasteiger partial charge in [0.1, 0.15) is 5.82 Å². The summed E-state index contributed by atoms with van der Waals surface area (Å²) < 4.78 is 13.4. The van der Waals surface area contributed by atoms with Crippen molar-refractivity contribution in [2.45, 2.75) is 25.7 Å². The maximum absolute atomic E-state index is 13.4. The molecule has 0 bridgehead atoms. The van der Waals surface area contributed by atoms with Crippen LogP contribution < -0.4 is 11.1 Å². The molecule has 1 saturated heterocycles. The highest BCUT2D eigenvalue weighted by atomic mass is 19.1. The number of carbonyl (C=O) groups is 2. The SMILES string of the molecule is NC(=O)N1CCCC(C(=O)NCCCc2ccccc2F)C1. The van der Waals surface area contributed by atoms with E-state index in [1.165, 1.54) is 11.0 Å². The van der Waals surface area contributed by atoms with Crippen LogP contribution in [0.2, 0.25) is 0 Å². The van der Waals surface area contributed by atoms with Gasteiger partial charge in [0.15, 0.2) is 0 Å². The second kappa shape index (κ2) is 7.77. The van der Waals surface area contributed by atoms with Crippen LogP contribution in [0.3, 0.4) is 0 Å². The molecule has 1 aliphatic rings. The van der Waals surface area contributed by atoms with Crippen molar-refractivity contribution in [1.82, 2.24) is 10.2 Å². The van der Waals surface area contributed by atoms with Crippen molar-refractivity contribution < 1.29 is 14.0 Å². The first-order chi connectivity index (χ1) is 10.6. The summed E-state index contributed by atoms with van der Waals surface area (Å²) in [6.45, 7) is 1.50. The number of piperidine rings is 1. The standard InChI is InChI=1S/C16H22FN3O2/c17-14-8-2-1-5-12(14)6-3-9-19-15(21)13-7-4-10-20(11-13)16(18)22/h1-2,5,8,13H,3-4,6-7,9-11H2,(H2,18,22)(H,19,21). The number of nitrogens with one attached hydrogen (secondary N) is 1. The lowest BCUT2D eigenvalue weighted by atomic mass is 9.97. The Morgan fingerprint density at radius 1 is 1.36 bits per heavy atom. The van der Waals surface area contributed by atoms with Gasteiger partial charge < -0.3 is 16.0 Å². The average molecular weight is 307 g/mol. The first kappa shape index (κ1) is 16.3. The molecule has 0 saturated carbocycles. The summed E-state index contributed by atoms with van der Waals surface area (Å²) in [6.07, 6.45) is 2.82. The molecule has 1 aliphatic heterocycles. The number of carbonyl (C=O) groups excluding carboxylic acids is 2. The predicted molar refractivity (Wildman–Crippen MR) is 81.6 cm³/mol. The third kappa shape index (κ3) is 4.44. The van der Waals surface area contributed by atoms with Gasteiger partial charge in [0.25, 0.3) is 0 Å². The number of urea groups is 1. The maximum Gasteiger partial charge on any atom is 0.314 e. The van der Waals surface area contributed by atoms with E-state index >= 15 is 0 Å². The molecule has 120 valence electrons. The Bertz CT molecular complexity index is 536. The summed E-state index contributed by atoms with van der Waals surface area (Å²) in [5, 5.41) is 2.86. The van der Waals surface area contributed by atoms with Crippen LogP contribution in [-0.4, -0.2) is 36.5 Å². The Morgan fingerprint density at radius 3 is 2.86 bits per heavy atom. The van der Waals surface area contributed by atoms with Gasteiger partial charge in [-0.25, -0.2) is 9.18 Å². The number of likely N-dealkylation sites (tertiary alicyclic amines) is 1. The summed E-state index contributed by atoms with van der Waals surface area (Å²) in [7, 11) is 0. The van der Waals surface area contributed by atoms with Crippen molar-refractivity contribution in [2.75, 3.05) is 19.6 Å². The Labute approximate surface area is 129 Å². The van der Waals surface area contributed by atoms with Crippen LogP contribution in [0.25, 0.3) is 0 Å². The first-order valence-corrected chi connectivity index (χ1v) is 7.63. The number of nitrogens with two attached hydrogens (primary N) is 1. The molecule has 2 rings (SSSR count). The molecule has 6 heteroatoms. The summed E-state index contributed by atoms with van der Waals surface area (Å²) >= 11 is 0. The van der Waals surface area contributed by atoms with Gasteiger partial charge >= 0.3 is 6.03 Å². The van der Waals surface area contributed by atoms with Crippen LogP contribution in [0.15, 0.2) is 24.3 Å². The lowest BCUT2D eigenvalue weighted by Gasteiger charge is -2.30. The van der Waals surface area contributed by atoms with Crippen molar-refractivity contribution in [3.63, 3.8) is 0 Å². The molecule has 1 atom stereocenters. The van der Waals surface area contributed by atoms with Crippen molar-refractivity contribution in [3.8, 4) is 0 Å². The summed E-state index contributed by atoms with van der Waals surface area (Å²) in [5.41, 5.74) is 5.91. The minimum Gasteiger partial charge on any atom is -0.356 e. The Balaban J connectivity index is 1.71. The van der Waals surface area contributed by atoms with Gasteiger partial charge in [-0.05, 0) is 37.3 Å². The van der Waals surface area contributed by atoms with E-state index in [1.54, 1.807) is 18.2 Å². The topological polar surface area (TPSA) is 75.4 Å². The quantitative estimate of drug-likeness (QED) is 0.812. The molecule has 0 aromatic heterocycles. The number of hydrogen-bond donors (Lipinski definition) is 2. The third-order valence-electron chi connectivity index (χ3n) is 3.98. The number of primary amides is 1. The highest BCUT2D eigenvalue weighted by Crippen LogP contribution is 2.16.